The largest absolute Gasteiger partial charge is 0.255 e. The van der Waals surface area contributed by atoms with Gasteiger partial charge >= 0.3 is 0 Å². The van der Waals surface area contributed by atoms with E-state index in [1.807, 2.05) is 24.3 Å². The van der Waals surface area contributed by atoms with Crippen LogP contribution in [0.25, 0.3) is 0 Å². The fraction of sp³-hybridized carbons (Fsp3) is 0.500. The lowest BCUT2D eigenvalue weighted by molar-refractivity contribution is 0.451. The summed E-state index contributed by atoms with van der Waals surface area (Å²) in [5, 5.41) is 8.89. The van der Waals surface area contributed by atoms with Crippen molar-refractivity contribution in [2.75, 3.05) is 6.26 Å². The third kappa shape index (κ3) is 3.67. The first kappa shape index (κ1) is 13.9. The predicted molar refractivity (Wildman–Crippen MR) is 71.2 cm³/mol. The Labute approximate surface area is 106 Å². The van der Waals surface area contributed by atoms with Crippen LogP contribution in [-0.4, -0.2) is 10.5 Å². The van der Waals surface area contributed by atoms with E-state index in [0.29, 0.717) is 12.3 Å². The number of rotatable bonds is 5. The summed E-state index contributed by atoms with van der Waals surface area (Å²) in [6, 6.07) is 10.1. The van der Waals surface area contributed by atoms with Gasteiger partial charge in [0.15, 0.2) is 0 Å². The molecule has 3 atom stereocenters. The second kappa shape index (κ2) is 6.56. The van der Waals surface area contributed by atoms with Crippen molar-refractivity contribution < 1.29 is 4.21 Å². The van der Waals surface area contributed by atoms with E-state index in [2.05, 4.69) is 19.9 Å². The molecule has 0 radical (unpaired) electrons. The van der Waals surface area contributed by atoms with Gasteiger partial charge in [0.25, 0.3) is 0 Å². The third-order valence-corrected chi connectivity index (χ3v) is 4.22. The number of nitriles is 1. The minimum absolute atomic E-state index is 0.282. The highest BCUT2D eigenvalue weighted by atomic mass is 32.2. The minimum Gasteiger partial charge on any atom is -0.255 e. The van der Waals surface area contributed by atoms with E-state index >= 15 is 0 Å². The number of nitrogens with zero attached hydrogens (tertiary/aromatic N) is 1. The molecule has 1 aromatic rings. The second-order valence-electron chi connectivity index (χ2n) is 4.38. The Kier molecular flexibility index (Phi) is 5.37. The molecule has 0 aliphatic rings. The molecule has 1 aromatic carbocycles. The molecule has 0 fully saturated rings. The van der Waals surface area contributed by atoms with Gasteiger partial charge in [-0.05, 0) is 29.5 Å². The van der Waals surface area contributed by atoms with Crippen molar-refractivity contribution in [3.63, 3.8) is 0 Å². The van der Waals surface area contributed by atoms with Gasteiger partial charge in [-0.3, -0.25) is 4.21 Å². The first-order valence-electron chi connectivity index (χ1n) is 5.90. The summed E-state index contributed by atoms with van der Waals surface area (Å²) in [6.45, 7) is 4.32. The van der Waals surface area contributed by atoms with E-state index in [1.54, 1.807) is 6.26 Å². The van der Waals surface area contributed by atoms with Gasteiger partial charge in [0.05, 0.1) is 6.07 Å². The molecule has 0 saturated heterocycles. The van der Waals surface area contributed by atoms with E-state index < -0.39 is 10.8 Å². The van der Waals surface area contributed by atoms with Crippen molar-refractivity contribution in [1.29, 1.82) is 5.26 Å². The molecule has 92 valence electrons. The van der Waals surface area contributed by atoms with E-state index in [-0.39, 0.29) is 5.92 Å². The smallest absolute Gasteiger partial charge is 0.0628 e. The van der Waals surface area contributed by atoms with Gasteiger partial charge < -0.3 is 0 Å². The first-order chi connectivity index (χ1) is 8.10. The third-order valence-electron chi connectivity index (χ3n) is 3.28. The molecule has 3 heteroatoms. The van der Waals surface area contributed by atoms with Crippen molar-refractivity contribution in [3.8, 4) is 6.07 Å². The maximum absolute atomic E-state index is 11.3. The standard InChI is InChI=1S/C14H19NOS/c1-4-11(2)14(9-10-15)12-5-7-13(8-6-12)17(3)16/h5-8,11,14H,4,9H2,1-3H3. The van der Waals surface area contributed by atoms with Crippen LogP contribution >= 0.6 is 0 Å². The zero-order valence-corrected chi connectivity index (χ0v) is 11.5. The summed E-state index contributed by atoms with van der Waals surface area (Å²) in [4.78, 5) is 0.841. The molecule has 17 heavy (non-hydrogen) atoms. The number of hydrogen-bond acceptors (Lipinski definition) is 2. The average Bonchev–Trinajstić information content (AvgIpc) is 2.35. The number of hydrogen-bond donors (Lipinski definition) is 0. The quantitative estimate of drug-likeness (QED) is 0.801. The summed E-state index contributed by atoms with van der Waals surface area (Å²) < 4.78 is 11.3. The summed E-state index contributed by atoms with van der Waals surface area (Å²) in [5.41, 5.74) is 1.18. The Morgan fingerprint density at radius 3 is 2.35 bits per heavy atom. The summed E-state index contributed by atoms with van der Waals surface area (Å²) in [6.07, 6.45) is 3.29. The van der Waals surface area contributed by atoms with Crippen LogP contribution in [0, 0.1) is 17.2 Å². The van der Waals surface area contributed by atoms with E-state index in [9.17, 15) is 4.21 Å². The van der Waals surface area contributed by atoms with Crippen molar-refractivity contribution >= 4 is 10.8 Å². The highest BCUT2D eigenvalue weighted by molar-refractivity contribution is 7.84. The highest BCUT2D eigenvalue weighted by Crippen LogP contribution is 2.30. The van der Waals surface area contributed by atoms with Gasteiger partial charge in [-0.1, -0.05) is 32.4 Å². The first-order valence-corrected chi connectivity index (χ1v) is 7.46. The molecule has 0 heterocycles. The Balaban J connectivity index is 2.95. The van der Waals surface area contributed by atoms with Crippen molar-refractivity contribution in [1.82, 2.24) is 0 Å². The zero-order valence-electron chi connectivity index (χ0n) is 10.6. The van der Waals surface area contributed by atoms with Crippen molar-refractivity contribution in [2.45, 2.75) is 37.5 Å². The van der Waals surface area contributed by atoms with Crippen LogP contribution in [0.4, 0.5) is 0 Å². The van der Waals surface area contributed by atoms with Crippen LogP contribution in [0.2, 0.25) is 0 Å². The molecular formula is C14H19NOS. The van der Waals surface area contributed by atoms with Gasteiger partial charge in [-0.25, -0.2) is 0 Å². The Bertz CT molecular complexity index is 419. The molecule has 0 saturated carbocycles. The van der Waals surface area contributed by atoms with Crippen molar-refractivity contribution in [3.05, 3.63) is 29.8 Å². The summed E-state index contributed by atoms with van der Waals surface area (Å²) in [7, 11) is -0.932. The van der Waals surface area contributed by atoms with E-state index in [0.717, 1.165) is 11.3 Å². The Morgan fingerprint density at radius 1 is 1.35 bits per heavy atom. The molecule has 0 aliphatic heterocycles. The van der Waals surface area contributed by atoms with E-state index in [1.165, 1.54) is 5.56 Å². The Hall–Kier alpha value is -1.14. The summed E-state index contributed by atoms with van der Waals surface area (Å²) >= 11 is 0. The molecule has 0 spiro atoms. The molecule has 0 bridgehead atoms. The van der Waals surface area contributed by atoms with Gasteiger partial charge in [0.2, 0.25) is 0 Å². The lowest BCUT2D eigenvalue weighted by Crippen LogP contribution is -2.08. The fourth-order valence-corrected chi connectivity index (χ4v) is 2.46. The van der Waals surface area contributed by atoms with Gasteiger partial charge in [0, 0.05) is 28.4 Å². The van der Waals surface area contributed by atoms with Crippen molar-refractivity contribution in [2.24, 2.45) is 5.92 Å². The van der Waals surface area contributed by atoms with Gasteiger partial charge in [0.1, 0.15) is 0 Å². The molecule has 0 aromatic heterocycles. The lowest BCUT2D eigenvalue weighted by atomic mass is 9.84. The Morgan fingerprint density at radius 2 is 1.94 bits per heavy atom. The maximum atomic E-state index is 11.3. The van der Waals surface area contributed by atoms with Gasteiger partial charge in [-0.2, -0.15) is 5.26 Å². The lowest BCUT2D eigenvalue weighted by Gasteiger charge is -2.20. The molecular weight excluding hydrogens is 230 g/mol. The molecule has 0 aliphatic carbocycles. The maximum Gasteiger partial charge on any atom is 0.0628 e. The summed E-state index contributed by atoms with van der Waals surface area (Å²) in [5.74, 6) is 0.775. The van der Waals surface area contributed by atoms with Gasteiger partial charge in [-0.15, -0.1) is 0 Å². The van der Waals surface area contributed by atoms with Crippen LogP contribution in [-0.2, 0) is 10.8 Å². The zero-order chi connectivity index (χ0) is 12.8. The second-order valence-corrected chi connectivity index (χ2v) is 5.76. The normalized spacial score (nSPS) is 15.9. The molecule has 1 rings (SSSR count). The van der Waals surface area contributed by atoms with Crippen LogP contribution in [0.3, 0.4) is 0 Å². The molecule has 2 nitrogen and oxygen atoms in total. The average molecular weight is 249 g/mol. The number of benzene rings is 1. The van der Waals surface area contributed by atoms with Crippen LogP contribution in [0.1, 0.15) is 38.2 Å². The van der Waals surface area contributed by atoms with Crippen LogP contribution < -0.4 is 0 Å². The fourth-order valence-electron chi connectivity index (χ4n) is 1.94. The SMILES string of the molecule is CCC(C)C(CC#N)c1ccc(S(C)=O)cc1. The van der Waals surface area contributed by atoms with Crippen LogP contribution in [0.15, 0.2) is 29.2 Å². The monoisotopic (exact) mass is 249 g/mol. The van der Waals surface area contributed by atoms with Crippen LogP contribution in [0.5, 0.6) is 0 Å². The highest BCUT2D eigenvalue weighted by Gasteiger charge is 2.17. The van der Waals surface area contributed by atoms with E-state index in [4.69, 9.17) is 5.26 Å². The molecule has 3 unspecified atom stereocenters. The molecule has 0 N–H and O–H groups in total. The topological polar surface area (TPSA) is 40.9 Å². The molecule has 0 amide bonds. The predicted octanol–water partition coefficient (Wildman–Crippen LogP) is 3.47. The minimum atomic E-state index is -0.932.